The molecule has 7 nitrogen and oxygen atoms in total. The monoisotopic (exact) mass is 528 g/mol. The van der Waals surface area contributed by atoms with Crippen LogP contribution in [0.2, 0.25) is 18.1 Å². The van der Waals surface area contributed by atoms with Gasteiger partial charge in [-0.1, -0.05) is 45.1 Å². The van der Waals surface area contributed by atoms with E-state index in [4.69, 9.17) is 18.6 Å². The van der Waals surface area contributed by atoms with Crippen LogP contribution in [0.15, 0.2) is 36.4 Å². The van der Waals surface area contributed by atoms with Gasteiger partial charge >= 0.3 is 17.9 Å². The molecule has 0 radical (unpaired) electrons. The predicted molar refractivity (Wildman–Crippen MR) is 144 cm³/mol. The molecule has 1 aliphatic heterocycles. The first-order chi connectivity index (χ1) is 17.2. The van der Waals surface area contributed by atoms with E-state index in [-0.39, 0.29) is 34.3 Å². The fraction of sp³-hybridized carbons (Fsp3) is 0.552. The number of hydrogen-bond acceptors (Lipinski definition) is 7. The number of cyclic esters (lactones) is 1. The third kappa shape index (κ3) is 7.88. The SMILES string of the molecule is CC(=O)Oc1cc2c(c(OC(C)=O)c1)C(=O)O[C@H](C)C[C@H]1C[C@@H]1C=CC=CC(O[Si](C)(C)C(C)(C)C)C2. The number of fused-ring (bicyclic) bond motifs is 2. The molecule has 1 fully saturated rings. The normalized spacial score (nSPS) is 24.3. The second-order valence-corrected chi connectivity index (χ2v) is 16.4. The summed E-state index contributed by atoms with van der Waals surface area (Å²) in [4.78, 5) is 37.2. The Bertz CT molecular complexity index is 1100. The van der Waals surface area contributed by atoms with Gasteiger partial charge in [0.1, 0.15) is 17.1 Å². The van der Waals surface area contributed by atoms with E-state index < -0.39 is 26.2 Å². The van der Waals surface area contributed by atoms with E-state index in [1.54, 1.807) is 6.07 Å². The van der Waals surface area contributed by atoms with E-state index in [2.05, 4.69) is 46.0 Å². The number of hydrogen-bond donors (Lipinski definition) is 0. The van der Waals surface area contributed by atoms with Crippen LogP contribution in [0.25, 0.3) is 0 Å². The van der Waals surface area contributed by atoms with Gasteiger partial charge in [0.25, 0.3) is 0 Å². The molecule has 3 rings (SSSR count). The molecule has 0 aromatic heterocycles. The molecule has 0 spiro atoms. The van der Waals surface area contributed by atoms with Crippen LogP contribution >= 0.6 is 0 Å². The summed E-state index contributed by atoms with van der Waals surface area (Å²) in [5, 5.41) is -0.0311. The molecular weight excluding hydrogens is 488 g/mol. The Morgan fingerprint density at radius 3 is 2.27 bits per heavy atom. The molecule has 1 heterocycles. The number of carbonyl (C=O) groups excluding carboxylic acids is 3. The van der Waals surface area contributed by atoms with Crippen LogP contribution in [0.5, 0.6) is 11.5 Å². The van der Waals surface area contributed by atoms with Gasteiger partial charge in [0.05, 0.1) is 12.2 Å². The number of ether oxygens (including phenoxy) is 3. The number of allylic oxidation sites excluding steroid dienone is 3. The van der Waals surface area contributed by atoms with Crippen molar-refractivity contribution >= 4 is 26.2 Å². The van der Waals surface area contributed by atoms with Crippen molar-refractivity contribution in [2.24, 2.45) is 11.8 Å². The predicted octanol–water partition coefficient (Wildman–Crippen LogP) is 6.17. The van der Waals surface area contributed by atoms with Crippen LogP contribution in [0.1, 0.15) is 70.3 Å². The summed E-state index contributed by atoms with van der Waals surface area (Å²) < 4.78 is 23.4. The summed E-state index contributed by atoms with van der Waals surface area (Å²) in [6.45, 7) is 15.3. The molecule has 1 aliphatic carbocycles. The molecule has 2 aliphatic rings. The van der Waals surface area contributed by atoms with Crippen LogP contribution in [0, 0.1) is 11.8 Å². The third-order valence-electron chi connectivity index (χ3n) is 7.27. The Morgan fingerprint density at radius 1 is 1.00 bits per heavy atom. The van der Waals surface area contributed by atoms with E-state index >= 15 is 0 Å². The van der Waals surface area contributed by atoms with Crippen molar-refractivity contribution < 1.29 is 33.0 Å². The minimum absolute atomic E-state index is 0.00444. The molecule has 0 bridgehead atoms. The van der Waals surface area contributed by atoms with Gasteiger partial charge in [-0.2, -0.15) is 0 Å². The Hall–Kier alpha value is -2.71. The Morgan fingerprint density at radius 2 is 1.65 bits per heavy atom. The van der Waals surface area contributed by atoms with Crippen molar-refractivity contribution in [2.75, 3.05) is 0 Å². The molecule has 202 valence electrons. The fourth-order valence-corrected chi connectivity index (χ4v) is 5.58. The van der Waals surface area contributed by atoms with Gasteiger partial charge in [-0.3, -0.25) is 9.59 Å². The highest BCUT2D eigenvalue weighted by Gasteiger charge is 2.40. The molecule has 0 saturated heterocycles. The van der Waals surface area contributed by atoms with Crippen LogP contribution in [-0.2, 0) is 25.2 Å². The molecular formula is C29H40O7Si. The van der Waals surface area contributed by atoms with E-state index in [0.717, 1.165) is 12.8 Å². The summed E-state index contributed by atoms with van der Waals surface area (Å²) >= 11 is 0. The summed E-state index contributed by atoms with van der Waals surface area (Å²) in [7, 11) is -2.20. The van der Waals surface area contributed by atoms with Gasteiger partial charge in [-0.25, -0.2) is 4.79 Å². The second-order valence-electron chi connectivity index (χ2n) is 11.6. The second kappa shape index (κ2) is 11.4. The smallest absolute Gasteiger partial charge is 0.342 e. The molecule has 1 aromatic carbocycles. The lowest BCUT2D eigenvalue weighted by Crippen LogP contribution is -2.44. The number of benzene rings is 1. The Labute approximate surface area is 221 Å². The third-order valence-corrected chi connectivity index (χ3v) is 11.8. The zero-order chi connectivity index (χ0) is 27.5. The Kier molecular flexibility index (Phi) is 8.85. The fourth-order valence-electron chi connectivity index (χ4n) is 4.31. The number of carbonyl (C=O) groups is 3. The number of esters is 3. The lowest BCUT2D eigenvalue weighted by molar-refractivity contribution is -0.132. The first-order valence-electron chi connectivity index (χ1n) is 12.9. The molecule has 1 aromatic rings. The quantitative estimate of drug-likeness (QED) is 0.262. The van der Waals surface area contributed by atoms with Gasteiger partial charge in [0.15, 0.2) is 8.32 Å². The topological polar surface area (TPSA) is 88.1 Å². The van der Waals surface area contributed by atoms with Gasteiger partial charge in [0, 0.05) is 26.3 Å². The standard InChI is InChI=1S/C29H40O7Si/c1-18-13-22-14-21(22)11-9-10-12-24(36-37(7,8)29(4,5)6)15-23-16-25(34-19(2)30)17-26(35-20(3)31)27(23)28(32)33-18/h9-12,16-18,21-22,24H,13-15H2,1-8H3/t18-,21+,22+,24?/m1/s1. The van der Waals surface area contributed by atoms with Crippen molar-refractivity contribution in [3.8, 4) is 11.5 Å². The van der Waals surface area contributed by atoms with Crippen molar-refractivity contribution in [3.63, 3.8) is 0 Å². The highest BCUT2D eigenvalue weighted by atomic mass is 28.4. The largest absolute Gasteiger partial charge is 0.459 e. The average molecular weight is 529 g/mol. The molecule has 4 atom stereocenters. The molecule has 37 heavy (non-hydrogen) atoms. The first-order valence-corrected chi connectivity index (χ1v) is 15.8. The average Bonchev–Trinajstić information content (AvgIpc) is 3.45. The minimum atomic E-state index is -2.20. The maximum atomic E-state index is 13.5. The van der Waals surface area contributed by atoms with Crippen molar-refractivity contribution in [1.29, 1.82) is 0 Å². The summed E-state index contributed by atoms with van der Waals surface area (Å²) in [5.74, 6) is -0.568. The van der Waals surface area contributed by atoms with Crippen LogP contribution < -0.4 is 9.47 Å². The molecule has 8 heteroatoms. The van der Waals surface area contributed by atoms with Crippen molar-refractivity contribution in [1.82, 2.24) is 0 Å². The van der Waals surface area contributed by atoms with E-state index in [9.17, 15) is 14.4 Å². The maximum absolute atomic E-state index is 13.5. The van der Waals surface area contributed by atoms with Gasteiger partial charge in [0.2, 0.25) is 0 Å². The highest BCUT2D eigenvalue weighted by molar-refractivity contribution is 6.74. The highest BCUT2D eigenvalue weighted by Crippen LogP contribution is 2.44. The van der Waals surface area contributed by atoms with E-state index in [1.165, 1.54) is 19.9 Å². The molecule has 1 saturated carbocycles. The summed E-state index contributed by atoms with van der Waals surface area (Å²) in [5.41, 5.74) is 0.668. The zero-order valence-corrected chi connectivity index (χ0v) is 24.3. The lowest BCUT2D eigenvalue weighted by Gasteiger charge is -2.38. The van der Waals surface area contributed by atoms with Crippen molar-refractivity contribution in [3.05, 3.63) is 47.6 Å². The molecule has 0 N–H and O–H groups in total. The van der Waals surface area contributed by atoms with Crippen molar-refractivity contribution in [2.45, 2.75) is 91.1 Å². The van der Waals surface area contributed by atoms with Gasteiger partial charge in [-0.15, -0.1) is 0 Å². The number of rotatable bonds is 4. The molecule has 1 unspecified atom stereocenters. The Balaban J connectivity index is 2.14. The lowest BCUT2D eigenvalue weighted by atomic mass is 9.99. The minimum Gasteiger partial charge on any atom is -0.459 e. The zero-order valence-electron chi connectivity index (χ0n) is 23.3. The van der Waals surface area contributed by atoms with Crippen LogP contribution in [-0.4, -0.2) is 38.4 Å². The van der Waals surface area contributed by atoms with Crippen LogP contribution in [0.3, 0.4) is 0 Å². The summed E-state index contributed by atoms with van der Waals surface area (Å²) in [6.07, 6.45) is 9.72. The summed E-state index contributed by atoms with van der Waals surface area (Å²) in [6, 6.07) is 3.01. The van der Waals surface area contributed by atoms with Gasteiger partial charge in [-0.05, 0) is 61.4 Å². The maximum Gasteiger partial charge on any atom is 0.342 e. The first kappa shape index (κ1) is 28.9. The molecule has 0 amide bonds. The van der Waals surface area contributed by atoms with Crippen LogP contribution in [0.4, 0.5) is 0 Å². The van der Waals surface area contributed by atoms with E-state index in [1.807, 2.05) is 19.1 Å². The van der Waals surface area contributed by atoms with Gasteiger partial charge < -0.3 is 18.6 Å². The van der Waals surface area contributed by atoms with E-state index in [0.29, 0.717) is 23.8 Å².